The maximum atomic E-state index is 13.1. The van der Waals surface area contributed by atoms with Crippen molar-refractivity contribution in [1.29, 1.82) is 0 Å². The van der Waals surface area contributed by atoms with Crippen LogP contribution in [-0.2, 0) is 6.54 Å². The fraction of sp³-hybridized carbons (Fsp3) is 0.350. The maximum absolute atomic E-state index is 13.1. The van der Waals surface area contributed by atoms with Crippen LogP contribution in [0.1, 0.15) is 52.1 Å². The summed E-state index contributed by atoms with van der Waals surface area (Å²) in [5.74, 6) is -1.07. The van der Waals surface area contributed by atoms with E-state index in [1.165, 1.54) is 24.4 Å². The monoisotopic (exact) mass is 370 g/mol. The van der Waals surface area contributed by atoms with Gasteiger partial charge in [-0.3, -0.25) is 9.78 Å². The number of carbonyl (C=O) groups is 2. The normalized spacial score (nSPS) is 21.8. The molecule has 1 aliphatic heterocycles. The molecular weight excluding hydrogens is 351 g/mol. The highest BCUT2D eigenvalue weighted by atomic mass is 19.1. The predicted octanol–water partition coefficient (Wildman–Crippen LogP) is 3.26. The molecule has 1 saturated carbocycles. The average Bonchev–Trinajstić information content (AvgIpc) is 3.00. The molecular formula is C20H19FN2O4. The van der Waals surface area contributed by atoms with Crippen molar-refractivity contribution in [1.82, 2.24) is 9.88 Å². The summed E-state index contributed by atoms with van der Waals surface area (Å²) in [7, 11) is 0. The summed E-state index contributed by atoms with van der Waals surface area (Å²) in [6, 6.07) is 7.14. The van der Waals surface area contributed by atoms with Gasteiger partial charge in [0.15, 0.2) is 0 Å². The van der Waals surface area contributed by atoms with Crippen LogP contribution < -0.4 is 4.74 Å². The lowest BCUT2D eigenvalue weighted by atomic mass is 9.91. The van der Waals surface area contributed by atoms with Gasteiger partial charge in [-0.05, 0) is 49.6 Å². The first-order chi connectivity index (χ1) is 13.0. The van der Waals surface area contributed by atoms with Crippen LogP contribution in [0.15, 0.2) is 36.5 Å². The molecule has 2 heterocycles. The van der Waals surface area contributed by atoms with Crippen LogP contribution in [0.5, 0.6) is 5.75 Å². The van der Waals surface area contributed by atoms with E-state index in [4.69, 9.17) is 9.84 Å². The number of carboxylic acids is 1. The van der Waals surface area contributed by atoms with Crippen molar-refractivity contribution < 1.29 is 23.8 Å². The van der Waals surface area contributed by atoms with Crippen LogP contribution in [0.4, 0.5) is 4.39 Å². The molecule has 0 bridgehead atoms. The minimum atomic E-state index is -1.10. The van der Waals surface area contributed by atoms with Gasteiger partial charge < -0.3 is 14.7 Å². The van der Waals surface area contributed by atoms with Gasteiger partial charge in [0.1, 0.15) is 17.7 Å². The van der Waals surface area contributed by atoms with E-state index in [9.17, 15) is 14.0 Å². The Labute approximate surface area is 155 Å². The largest absolute Gasteiger partial charge is 0.488 e. The lowest BCUT2D eigenvalue weighted by Crippen LogP contribution is -2.48. The number of aromatic nitrogens is 1. The van der Waals surface area contributed by atoms with E-state index in [0.29, 0.717) is 23.6 Å². The van der Waals surface area contributed by atoms with Gasteiger partial charge in [-0.25, -0.2) is 9.18 Å². The van der Waals surface area contributed by atoms with E-state index >= 15 is 0 Å². The molecule has 1 aromatic heterocycles. The zero-order chi connectivity index (χ0) is 19.0. The van der Waals surface area contributed by atoms with Crippen molar-refractivity contribution in [3.05, 3.63) is 59.2 Å². The third-order valence-electron chi connectivity index (χ3n) is 5.20. The van der Waals surface area contributed by atoms with Gasteiger partial charge in [-0.1, -0.05) is 6.42 Å². The number of nitrogens with zero attached hydrogens (tertiary/aromatic N) is 2. The Morgan fingerprint density at radius 3 is 2.70 bits per heavy atom. The first kappa shape index (κ1) is 17.5. The SMILES string of the molecule is O=C(O)c1cnc2c(c1)C(=O)N(C1CCCCC1Oc1ccc(F)cc1)C2. The lowest BCUT2D eigenvalue weighted by molar-refractivity contribution is 0.0296. The summed E-state index contributed by atoms with van der Waals surface area (Å²) in [4.78, 5) is 30.0. The number of halogens is 1. The molecule has 0 radical (unpaired) electrons. The summed E-state index contributed by atoms with van der Waals surface area (Å²) in [6.07, 6.45) is 4.68. The van der Waals surface area contributed by atoms with E-state index in [1.807, 2.05) is 0 Å². The highest BCUT2D eigenvalue weighted by molar-refractivity contribution is 6.00. The molecule has 2 aliphatic rings. The van der Waals surface area contributed by atoms with Crippen LogP contribution in [0.3, 0.4) is 0 Å². The van der Waals surface area contributed by atoms with E-state index in [1.54, 1.807) is 17.0 Å². The molecule has 2 unspecified atom stereocenters. The second-order valence-corrected chi connectivity index (χ2v) is 6.92. The number of ether oxygens (including phenoxy) is 1. The number of hydrogen-bond donors (Lipinski definition) is 1. The van der Waals surface area contributed by atoms with Crippen LogP contribution >= 0.6 is 0 Å². The fourth-order valence-electron chi connectivity index (χ4n) is 3.84. The van der Waals surface area contributed by atoms with Gasteiger partial charge in [0.05, 0.1) is 29.4 Å². The van der Waals surface area contributed by atoms with Gasteiger partial charge >= 0.3 is 5.97 Å². The molecule has 1 fully saturated rings. The molecule has 4 rings (SSSR count). The standard InChI is InChI=1S/C20H19FN2O4/c21-13-5-7-14(8-6-13)27-18-4-2-1-3-17(18)23-11-16-15(19(23)24)9-12(10-22-16)20(25)26/h5-10,17-18H,1-4,11H2,(H,25,26). The Hall–Kier alpha value is -2.96. The molecule has 7 heteroatoms. The van der Waals surface area contributed by atoms with Gasteiger partial charge in [-0.2, -0.15) is 0 Å². The molecule has 1 aliphatic carbocycles. The third kappa shape index (κ3) is 3.37. The van der Waals surface area contributed by atoms with Crippen molar-refractivity contribution in [2.24, 2.45) is 0 Å². The Kier molecular flexibility index (Phi) is 4.51. The molecule has 1 aromatic carbocycles. The van der Waals surface area contributed by atoms with E-state index in [0.717, 1.165) is 25.7 Å². The lowest BCUT2D eigenvalue weighted by Gasteiger charge is -2.37. The second-order valence-electron chi connectivity index (χ2n) is 6.92. The number of aromatic carboxylic acids is 1. The summed E-state index contributed by atoms with van der Waals surface area (Å²) in [6.45, 7) is 0.349. The molecule has 0 saturated heterocycles. The van der Waals surface area contributed by atoms with Crippen molar-refractivity contribution in [3.63, 3.8) is 0 Å². The Morgan fingerprint density at radius 2 is 1.96 bits per heavy atom. The number of fused-ring (bicyclic) bond motifs is 1. The molecule has 2 aromatic rings. The van der Waals surface area contributed by atoms with E-state index < -0.39 is 5.97 Å². The number of pyridine rings is 1. The number of carbonyl (C=O) groups excluding carboxylic acids is 1. The number of hydrogen-bond acceptors (Lipinski definition) is 4. The topological polar surface area (TPSA) is 79.7 Å². The summed E-state index contributed by atoms with van der Waals surface area (Å²) >= 11 is 0. The van der Waals surface area contributed by atoms with Crippen LogP contribution in [0.2, 0.25) is 0 Å². The van der Waals surface area contributed by atoms with Gasteiger partial charge in [0.25, 0.3) is 5.91 Å². The fourth-order valence-corrected chi connectivity index (χ4v) is 3.84. The molecule has 27 heavy (non-hydrogen) atoms. The zero-order valence-corrected chi connectivity index (χ0v) is 14.6. The molecule has 2 atom stereocenters. The van der Waals surface area contributed by atoms with Gasteiger partial charge in [0, 0.05) is 6.20 Å². The Balaban J connectivity index is 1.56. The molecule has 1 amide bonds. The summed E-state index contributed by atoms with van der Waals surface area (Å²) in [5.41, 5.74) is 0.948. The number of rotatable bonds is 4. The Bertz CT molecular complexity index is 884. The smallest absolute Gasteiger partial charge is 0.337 e. The van der Waals surface area contributed by atoms with Crippen LogP contribution in [0, 0.1) is 5.82 Å². The van der Waals surface area contributed by atoms with Crippen molar-refractivity contribution in [3.8, 4) is 5.75 Å². The zero-order valence-electron chi connectivity index (χ0n) is 14.6. The number of amides is 1. The predicted molar refractivity (Wildman–Crippen MR) is 94.1 cm³/mol. The summed E-state index contributed by atoms with van der Waals surface area (Å²) < 4.78 is 19.2. The molecule has 1 N–H and O–H groups in total. The van der Waals surface area contributed by atoms with Crippen molar-refractivity contribution >= 4 is 11.9 Å². The number of carboxylic acid groups (broad SMARTS) is 1. The van der Waals surface area contributed by atoms with E-state index in [2.05, 4.69) is 4.98 Å². The van der Waals surface area contributed by atoms with Crippen molar-refractivity contribution in [2.75, 3.05) is 0 Å². The third-order valence-corrected chi connectivity index (χ3v) is 5.20. The first-order valence-electron chi connectivity index (χ1n) is 8.98. The minimum absolute atomic E-state index is 0.00621. The second kappa shape index (κ2) is 6.98. The highest BCUT2D eigenvalue weighted by Crippen LogP contribution is 2.33. The van der Waals surface area contributed by atoms with Crippen molar-refractivity contribution in [2.45, 2.75) is 44.4 Å². The quantitative estimate of drug-likeness (QED) is 0.894. The minimum Gasteiger partial charge on any atom is -0.488 e. The summed E-state index contributed by atoms with van der Waals surface area (Å²) in [5, 5.41) is 9.13. The molecule has 0 spiro atoms. The van der Waals surface area contributed by atoms with Gasteiger partial charge in [-0.15, -0.1) is 0 Å². The molecule has 140 valence electrons. The first-order valence-corrected chi connectivity index (χ1v) is 8.98. The van der Waals surface area contributed by atoms with Gasteiger partial charge in [0.2, 0.25) is 0 Å². The number of benzene rings is 1. The van der Waals surface area contributed by atoms with Crippen LogP contribution in [0.25, 0.3) is 0 Å². The Morgan fingerprint density at radius 1 is 1.22 bits per heavy atom. The average molecular weight is 370 g/mol. The maximum Gasteiger partial charge on any atom is 0.337 e. The molecule has 6 nitrogen and oxygen atoms in total. The highest BCUT2D eigenvalue weighted by Gasteiger charge is 2.40. The van der Waals surface area contributed by atoms with E-state index in [-0.39, 0.29) is 29.4 Å². The van der Waals surface area contributed by atoms with Crippen LogP contribution in [-0.4, -0.2) is 39.0 Å².